The predicted octanol–water partition coefficient (Wildman–Crippen LogP) is 5.25. The molecule has 0 saturated carbocycles. The molecular formula is C14H10ClIN2S. The van der Waals surface area contributed by atoms with Crippen LogP contribution in [0.2, 0.25) is 5.02 Å². The van der Waals surface area contributed by atoms with Crippen molar-refractivity contribution in [3.63, 3.8) is 0 Å². The number of hydrogen-bond donors (Lipinski definition) is 1. The number of nitrogens with zero attached hydrogens (tertiary/aromatic N) is 1. The quantitative estimate of drug-likeness (QED) is 0.437. The van der Waals surface area contributed by atoms with E-state index in [1.807, 2.05) is 22.8 Å². The first-order valence-corrected chi connectivity index (χ1v) is 7.59. The largest absolute Gasteiger partial charge is 0.330 e. The second-order valence-corrected chi connectivity index (χ2v) is 6.37. The number of aromatic nitrogens is 2. The highest BCUT2D eigenvalue weighted by Crippen LogP contribution is 2.26. The lowest BCUT2D eigenvalue weighted by Gasteiger charge is -2.07. The maximum atomic E-state index is 6.01. The summed E-state index contributed by atoms with van der Waals surface area (Å²) in [4.78, 5) is 3.25. The molecule has 0 aliphatic heterocycles. The molecule has 19 heavy (non-hydrogen) atoms. The van der Waals surface area contributed by atoms with Crippen LogP contribution in [-0.2, 0) is 0 Å². The molecule has 5 heteroatoms. The van der Waals surface area contributed by atoms with Gasteiger partial charge in [0.1, 0.15) is 0 Å². The zero-order chi connectivity index (χ0) is 13.6. The molecule has 3 aromatic rings. The Hall–Kier alpha value is -0.850. The van der Waals surface area contributed by atoms with Gasteiger partial charge in [0.2, 0.25) is 0 Å². The monoisotopic (exact) mass is 400 g/mol. The minimum atomic E-state index is 0.695. The minimum Gasteiger partial charge on any atom is -0.330 e. The van der Waals surface area contributed by atoms with Crippen molar-refractivity contribution in [3.8, 4) is 5.69 Å². The van der Waals surface area contributed by atoms with E-state index in [9.17, 15) is 0 Å². The molecule has 0 fully saturated rings. The summed E-state index contributed by atoms with van der Waals surface area (Å²) < 4.78 is 3.81. The van der Waals surface area contributed by atoms with E-state index in [2.05, 4.69) is 52.7 Å². The summed E-state index contributed by atoms with van der Waals surface area (Å²) in [6.07, 6.45) is 0. The molecule has 1 heterocycles. The highest BCUT2D eigenvalue weighted by atomic mass is 127. The van der Waals surface area contributed by atoms with Crippen molar-refractivity contribution < 1.29 is 0 Å². The van der Waals surface area contributed by atoms with Crippen LogP contribution in [0.4, 0.5) is 0 Å². The first-order chi connectivity index (χ1) is 9.06. The van der Waals surface area contributed by atoms with Crippen molar-refractivity contribution in [2.45, 2.75) is 6.92 Å². The standard InChI is InChI=1S/C14H10ClIN2S/c1-8-2-4-13-11(6-8)17-14(19)18(13)12-5-3-9(15)7-10(12)16/h2-7H,1H3,(H,17,19). The lowest BCUT2D eigenvalue weighted by Crippen LogP contribution is -1.96. The summed E-state index contributed by atoms with van der Waals surface area (Å²) in [5.74, 6) is 0. The lowest BCUT2D eigenvalue weighted by molar-refractivity contribution is 1.06. The van der Waals surface area contributed by atoms with Gasteiger partial charge >= 0.3 is 0 Å². The van der Waals surface area contributed by atoms with Gasteiger partial charge in [-0.2, -0.15) is 0 Å². The fourth-order valence-electron chi connectivity index (χ4n) is 2.13. The number of halogens is 2. The molecule has 2 nitrogen and oxygen atoms in total. The number of fused-ring (bicyclic) bond motifs is 1. The van der Waals surface area contributed by atoms with Gasteiger partial charge in [0.15, 0.2) is 4.77 Å². The molecule has 0 radical (unpaired) electrons. The van der Waals surface area contributed by atoms with Gasteiger partial charge in [0, 0.05) is 8.59 Å². The van der Waals surface area contributed by atoms with Gasteiger partial charge in [-0.3, -0.25) is 4.57 Å². The Balaban J connectivity index is 2.36. The van der Waals surface area contributed by atoms with Crippen LogP contribution in [0.1, 0.15) is 5.56 Å². The van der Waals surface area contributed by atoms with Crippen molar-refractivity contribution in [1.29, 1.82) is 0 Å². The Labute approximate surface area is 134 Å². The van der Waals surface area contributed by atoms with E-state index in [-0.39, 0.29) is 0 Å². The van der Waals surface area contributed by atoms with E-state index >= 15 is 0 Å². The number of aromatic amines is 1. The topological polar surface area (TPSA) is 20.7 Å². The van der Waals surface area contributed by atoms with Crippen molar-refractivity contribution >= 4 is 57.4 Å². The maximum Gasteiger partial charge on any atom is 0.182 e. The number of benzene rings is 2. The smallest absolute Gasteiger partial charge is 0.182 e. The highest BCUT2D eigenvalue weighted by Gasteiger charge is 2.09. The molecule has 0 aliphatic carbocycles. The van der Waals surface area contributed by atoms with Gasteiger partial charge in [-0.15, -0.1) is 0 Å². The molecule has 0 unspecified atom stereocenters. The molecule has 0 aliphatic rings. The Morgan fingerprint density at radius 2 is 2.00 bits per heavy atom. The Kier molecular flexibility index (Phi) is 3.41. The summed E-state index contributed by atoms with van der Waals surface area (Å²) >= 11 is 13.7. The molecule has 3 rings (SSSR count). The first kappa shape index (κ1) is 13.1. The molecule has 0 amide bonds. The van der Waals surface area contributed by atoms with Gasteiger partial charge in [-0.25, -0.2) is 0 Å². The van der Waals surface area contributed by atoms with Crippen LogP contribution in [-0.4, -0.2) is 9.55 Å². The highest BCUT2D eigenvalue weighted by molar-refractivity contribution is 14.1. The third-order valence-electron chi connectivity index (χ3n) is 2.99. The first-order valence-electron chi connectivity index (χ1n) is 5.73. The summed E-state index contributed by atoms with van der Waals surface area (Å²) in [6.45, 7) is 2.07. The predicted molar refractivity (Wildman–Crippen MR) is 90.9 cm³/mol. The average molecular weight is 401 g/mol. The summed E-state index contributed by atoms with van der Waals surface area (Å²) in [5.41, 5.74) is 4.39. The van der Waals surface area contributed by atoms with E-state index in [4.69, 9.17) is 23.8 Å². The van der Waals surface area contributed by atoms with Crippen LogP contribution in [0.3, 0.4) is 0 Å². The summed E-state index contributed by atoms with van der Waals surface area (Å²) in [7, 11) is 0. The molecule has 1 aromatic heterocycles. The number of hydrogen-bond acceptors (Lipinski definition) is 1. The molecule has 96 valence electrons. The van der Waals surface area contributed by atoms with Crippen molar-refractivity contribution in [2.24, 2.45) is 0 Å². The minimum absolute atomic E-state index is 0.695. The maximum absolute atomic E-state index is 6.01. The Bertz CT molecular complexity index is 835. The molecule has 2 aromatic carbocycles. The number of imidazole rings is 1. The van der Waals surface area contributed by atoms with Crippen molar-refractivity contribution in [2.75, 3.05) is 0 Å². The van der Waals surface area contributed by atoms with Crippen LogP contribution in [0.5, 0.6) is 0 Å². The molecule has 0 saturated heterocycles. The van der Waals surface area contributed by atoms with E-state index in [0.29, 0.717) is 4.77 Å². The van der Waals surface area contributed by atoms with Crippen molar-refractivity contribution in [3.05, 3.63) is 55.3 Å². The molecule has 0 spiro atoms. The van der Waals surface area contributed by atoms with Gasteiger partial charge < -0.3 is 4.98 Å². The third-order valence-corrected chi connectivity index (χ3v) is 4.37. The number of aryl methyl sites for hydroxylation is 1. The SMILES string of the molecule is Cc1ccc2c(c1)[nH]c(=S)n2-c1ccc(Cl)cc1I. The fraction of sp³-hybridized carbons (Fsp3) is 0.0714. The van der Waals surface area contributed by atoms with Crippen molar-refractivity contribution in [1.82, 2.24) is 9.55 Å². The Morgan fingerprint density at radius 1 is 1.21 bits per heavy atom. The van der Waals surface area contributed by atoms with Crippen LogP contribution in [0.25, 0.3) is 16.7 Å². The van der Waals surface area contributed by atoms with Gasteiger partial charge in [-0.1, -0.05) is 17.7 Å². The van der Waals surface area contributed by atoms with Crippen LogP contribution >= 0.6 is 46.4 Å². The Morgan fingerprint density at radius 3 is 2.74 bits per heavy atom. The normalized spacial score (nSPS) is 11.1. The zero-order valence-electron chi connectivity index (χ0n) is 10.1. The van der Waals surface area contributed by atoms with Crippen LogP contribution < -0.4 is 0 Å². The second kappa shape index (κ2) is 4.92. The van der Waals surface area contributed by atoms with E-state index < -0.39 is 0 Å². The van der Waals surface area contributed by atoms with E-state index in [0.717, 1.165) is 25.3 Å². The van der Waals surface area contributed by atoms with Gasteiger partial charge in [0.05, 0.1) is 16.7 Å². The summed E-state index contributed by atoms with van der Waals surface area (Å²) in [5, 5.41) is 0.732. The second-order valence-electron chi connectivity index (χ2n) is 4.38. The number of H-pyrrole nitrogens is 1. The third kappa shape index (κ3) is 2.32. The molecule has 0 bridgehead atoms. The van der Waals surface area contributed by atoms with Crippen LogP contribution in [0.15, 0.2) is 36.4 Å². The molecule has 0 atom stereocenters. The van der Waals surface area contributed by atoms with Gasteiger partial charge in [0.25, 0.3) is 0 Å². The number of rotatable bonds is 1. The number of nitrogens with one attached hydrogen (secondary N) is 1. The zero-order valence-corrected chi connectivity index (χ0v) is 13.8. The van der Waals surface area contributed by atoms with Gasteiger partial charge in [-0.05, 0) is 77.6 Å². The van der Waals surface area contributed by atoms with E-state index in [1.54, 1.807) is 0 Å². The fourth-order valence-corrected chi connectivity index (χ4v) is 3.55. The average Bonchev–Trinajstić information content (AvgIpc) is 2.65. The van der Waals surface area contributed by atoms with Crippen LogP contribution in [0, 0.1) is 15.3 Å². The molecule has 1 N–H and O–H groups in total. The lowest BCUT2D eigenvalue weighted by atomic mass is 10.2. The summed E-state index contributed by atoms with van der Waals surface area (Å²) in [6, 6.07) is 12.1. The molecular weight excluding hydrogens is 391 g/mol. The van der Waals surface area contributed by atoms with E-state index in [1.165, 1.54) is 5.56 Å².